The van der Waals surface area contributed by atoms with E-state index >= 15 is 0 Å². The van der Waals surface area contributed by atoms with E-state index in [1.54, 1.807) is 0 Å². The largest absolute Gasteiger partial charge is 0.461 e. The SMILES string of the molecule is C=C(COC(C)=O)C(=O)OC1(C)CCCCCCCCC1. The average Bonchev–Trinajstić information content (AvgIpc) is 2.43. The van der Waals surface area contributed by atoms with Gasteiger partial charge >= 0.3 is 11.9 Å². The Kier molecular flexibility index (Phi) is 7.48. The Morgan fingerprint density at radius 2 is 1.48 bits per heavy atom. The van der Waals surface area contributed by atoms with E-state index in [1.807, 2.05) is 6.92 Å². The van der Waals surface area contributed by atoms with E-state index in [1.165, 1.54) is 39.0 Å². The quantitative estimate of drug-likeness (QED) is 0.582. The maximum atomic E-state index is 12.1. The van der Waals surface area contributed by atoms with Crippen molar-refractivity contribution in [3.05, 3.63) is 12.2 Å². The summed E-state index contributed by atoms with van der Waals surface area (Å²) in [4.78, 5) is 22.8. The van der Waals surface area contributed by atoms with E-state index in [4.69, 9.17) is 9.47 Å². The Morgan fingerprint density at radius 3 is 1.95 bits per heavy atom. The smallest absolute Gasteiger partial charge is 0.337 e. The Bertz CT molecular complexity index is 363. The Labute approximate surface area is 127 Å². The van der Waals surface area contributed by atoms with Crippen molar-refractivity contribution in [3.8, 4) is 0 Å². The Morgan fingerprint density at radius 1 is 1.00 bits per heavy atom. The van der Waals surface area contributed by atoms with Gasteiger partial charge in [-0.3, -0.25) is 4.79 Å². The predicted octanol–water partition coefficient (Wildman–Crippen LogP) is 3.93. The summed E-state index contributed by atoms with van der Waals surface area (Å²) in [5.74, 6) is -0.871. The number of esters is 2. The predicted molar refractivity (Wildman–Crippen MR) is 81.8 cm³/mol. The second-order valence-corrected chi connectivity index (χ2v) is 6.20. The molecule has 1 aliphatic carbocycles. The fraction of sp³-hybridized carbons (Fsp3) is 0.765. The Hall–Kier alpha value is -1.32. The molecular formula is C17H28O4. The first kappa shape index (κ1) is 17.7. The van der Waals surface area contributed by atoms with Gasteiger partial charge in [-0.1, -0.05) is 38.7 Å². The first-order valence-corrected chi connectivity index (χ1v) is 7.97. The fourth-order valence-electron chi connectivity index (χ4n) is 2.65. The molecule has 0 spiro atoms. The van der Waals surface area contributed by atoms with Crippen LogP contribution in [0, 0.1) is 0 Å². The lowest BCUT2D eigenvalue weighted by molar-refractivity contribution is -0.156. The number of hydrogen-bond acceptors (Lipinski definition) is 4. The summed E-state index contributed by atoms with van der Waals surface area (Å²) >= 11 is 0. The molecule has 1 aliphatic rings. The summed E-state index contributed by atoms with van der Waals surface area (Å²) in [6.07, 6.45) is 10.2. The van der Waals surface area contributed by atoms with Crippen molar-refractivity contribution in [2.45, 2.75) is 77.2 Å². The molecule has 0 radical (unpaired) electrons. The maximum Gasteiger partial charge on any atom is 0.337 e. The van der Waals surface area contributed by atoms with Crippen molar-refractivity contribution in [2.75, 3.05) is 6.61 Å². The van der Waals surface area contributed by atoms with Gasteiger partial charge in [0.1, 0.15) is 12.2 Å². The molecule has 0 aliphatic heterocycles. The van der Waals surface area contributed by atoms with E-state index < -0.39 is 17.5 Å². The molecule has 1 saturated carbocycles. The zero-order chi connectivity index (χ0) is 15.7. The van der Waals surface area contributed by atoms with Gasteiger partial charge in [0, 0.05) is 6.92 Å². The topological polar surface area (TPSA) is 52.6 Å². The van der Waals surface area contributed by atoms with E-state index in [2.05, 4.69) is 6.58 Å². The highest BCUT2D eigenvalue weighted by Crippen LogP contribution is 2.29. The van der Waals surface area contributed by atoms with Gasteiger partial charge in [-0.25, -0.2) is 4.79 Å². The molecule has 1 rings (SSSR count). The van der Waals surface area contributed by atoms with Crippen molar-refractivity contribution in [1.82, 2.24) is 0 Å². The zero-order valence-corrected chi connectivity index (χ0v) is 13.4. The van der Waals surface area contributed by atoms with Crippen LogP contribution in [0.3, 0.4) is 0 Å². The first-order chi connectivity index (χ1) is 9.93. The van der Waals surface area contributed by atoms with E-state index in [9.17, 15) is 9.59 Å². The van der Waals surface area contributed by atoms with Crippen LogP contribution in [0.2, 0.25) is 0 Å². The third kappa shape index (κ3) is 7.30. The van der Waals surface area contributed by atoms with Gasteiger partial charge in [0.05, 0.1) is 5.57 Å². The highest BCUT2D eigenvalue weighted by molar-refractivity contribution is 5.88. The molecule has 0 bridgehead atoms. The molecular weight excluding hydrogens is 268 g/mol. The summed E-state index contributed by atoms with van der Waals surface area (Å²) < 4.78 is 10.5. The second-order valence-electron chi connectivity index (χ2n) is 6.20. The number of hydrogen-bond donors (Lipinski definition) is 0. The molecule has 0 aromatic heterocycles. The summed E-state index contributed by atoms with van der Waals surface area (Å²) in [6, 6.07) is 0. The highest BCUT2D eigenvalue weighted by atomic mass is 16.6. The average molecular weight is 296 g/mol. The van der Waals surface area contributed by atoms with Gasteiger partial charge in [0.15, 0.2) is 0 Å². The van der Waals surface area contributed by atoms with Crippen molar-refractivity contribution >= 4 is 11.9 Å². The van der Waals surface area contributed by atoms with Gasteiger partial charge in [0.25, 0.3) is 0 Å². The zero-order valence-electron chi connectivity index (χ0n) is 13.4. The molecule has 21 heavy (non-hydrogen) atoms. The lowest BCUT2D eigenvalue weighted by Gasteiger charge is -2.31. The second kappa shape index (κ2) is 8.85. The summed E-state index contributed by atoms with van der Waals surface area (Å²) in [6.45, 7) is 6.87. The van der Waals surface area contributed by atoms with Crippen LogP contribution in [0.5, 0.6) is 0 Å². The van der Waals surface area contributed by atoms with Crippen LogP contribution in [0.1, 0.15) is 71.6 Å². The fourth-order valence-corrected chi connectivity index (χ4v) is 2.65. The molecule has 0 aromatic rings. The van der Waals surface area contributed by atoms with Crippen LogP contribution in [-0.4, -0.2) is 24.1 Å². The van der Waals surface area contributed by atoms with Gasteiger partial charge < -0.3 is 9.47 Å². The van der Waals surface area contributed by atoms with E-state index in [0.717, 1.165) is 25.7 Å². The van der Waals surface area contributed by atoms with Crippen LogP contribution in [0.4, 0.5) is 0 Å². The van der Waals surface area contributed by atoms with Crippen LogP contribution in [-0.2, 0) is 19.1 Å². The van der Waals surface area contributed by atoms with Gasteiger partial charge in [-0.05, 0) is 32.6 Å². The number of carbonyl (C=O) groups excluding carboxylic acids is 2. The highest BCUT2D eigenvalue weighted by Gasteiger charge is 2.29. The van der Waals surface area contributed by atoms with Crippen molar-refractivity contribution in [2.24, 2.45) is 0 Å². The van der Waals surface area contributed by atoms with Crippen molar-refractivity contribution < 1.29 is 19.1 Å². The standard InChI is InChI=1S/C17H28O4/c1-14(13-20-15(2)18)16(19)21-17(3)11-9-7-5-4-6-8-10-12-17/h1,4-13H2,2-3H3. The molecule has 0 aromatic carbocycles. The summed E-state index contributed by atoms with van der Waals surface area (Å²) in [5.41, 5.74) is -0.225. The molecule has 0 atom stereocenters. The lowest BCUT2D eigenvalue weighted by Crippen LogP contribution is -2.33. The molecule has 0 unspecified atom stereocenters. The third-order valence-corrected chi connectivity index (χ3v) is 3.99. The Balaban J connectivity index is 2.51. The van der Waals surface area contributed by atoms with Crippen LogP contribution in [0.25, 0.3) is 0 Å². The number of rotatable bonds is 4. The molecule has 4 nitrogen and oxygen atoms in total. The van der Waals surface area contributed by atoms with Crippen molar-refractivity contribution in [1.29, 1.82) is 0 Å². The monoisotopic (exact) mass is 296 g/mol. The van der Waals surface area contributed by atoms with Gasteiger partial charge in [-0.2, -0.15) is 0 Å². The van der Waals surface area contributed by atoms with Gasteiger partial charge in [0.2, 0.25) is 0 Å². The molecule has 0 saturated heterocycles. The molecule has 4 heteroatoms. The van der Waals surface area contributed by atoms with Crippen LogP contribution >= 0.6 is 0 Å². The summed E-state index contributed by atoms with van der Waals surface area (Å²) in [5, 5.41) is 0. The lowest BCUT2D eigenvalue weighted by atomic mass is 9.89. The molecule has 0 N–H and O–H groups in total. The van der Waals surface area contributed by atoms with E-state index in [-0.39, 0.29) is 12.2 Å². The molecule has 120 valence electrons. The first-order valence-electron chi connectivity index (χ1n) is 7.97. The van der Waals surface area contributed by atoms with Crippen molar-refractivity contribution in [3.63, 3.8) is 0 Å². The third-order valence-electron chi connectivity index (χ3n) is 3.99. The summed E-state index contributed by atoms with van der Waals surface area (Å²) in [7, 11) is 0. The normalized spacial score (nSPS) is 19.3. The molecule has 1 fully saturated rings. The van der Waals surface area contributed by atoms with E-state index in [0.29, 0.717) is 0 Å². The molecule has 0 amide bonds. The van der Waals surface area contributed by atoms with Crippen LogP contribution < -0.4 is 0 Å². The minimum absolute atomic E-state index is 0.0930. The number of ether oxygens (including phenoxy) is 2. The minimum atomic E-state index is -0.448. The number of carbonyl (C=O) groups is 2. The van der Waals surface area contributed by atoms with Gasteiger partial charge in [-0.15, -0.1) is 0 Å². The molecule has 0 heterocycles. The van der Waals surface area contributed by atoms with Crippen LogP contribution in [0.15, 0.2) is 12.2 Å². The minimum Gasteiger partial charge on any atom is -0.461 e. The maximum absolute atomic E-state index is 12.1.